The third-order valence-corrected chi connectivity index (χ3v) is 5.43. The first kappa shape index (κ1) is 21.0. The molecule has 2 amide bonds. The van der Waals surface area contributed by atoms with Gasteiger partial charge in [0.25, 0.3) is 0 Å². The van der Waals surface area contributed by atoms with E-state index in [1.165, 1.54) is 12.8 Å². The van der Waals surface area contributed by atoms with Crippen LogP contribution in [0.1, 0.15) is 32.4 Å². The molecule has 1 aromatic heterocycles. The summed E-state index contributed by atoms with van der Waals surface area (Å²) in [7, 11) is 2.15. The molecule has 2 unspecified atom stereocenters. The van der Waals surface area contributed by atoms with Gasteiger partial charge >= 0.3 is 6.03 Å². The smallest absolute Gasteiger partial charge is 0.324 e. The van der Waals surface area contributed by atoms with Gasteiger partial charge in [-0.2, -0.15) is 0 Å². The molecule has 2 aliphatic rings. The van der Waals surface area contributed by atoms with E-state index in [1.54, 1.807) is 12.4 Å². The molecular weight excluding hydrogens is 366 g/mol. The first-order valence-electron chi connectivity index (χ1n) is 10.2. The Morgan fingerprint density at radius 2 is 2.14 bits per heavy atom. The number of nitrogens with one attached hydrogen (secondary N) is 2. The summed E-state index contributed by atoms with van der Waals surface area (Å²) in [6, 6.07) is -0.353. The van der Waals surface area contributed by atoms with Crippen molar-refractivity contribution < 1.29 is 9.53 Å². The summed E-state index contributed by atoms with van der Waals surface area (Å²) in [5.74, 6) is 1.67. The SMILES string of the molecule is C/C=C1/C=CC(OCC2CCCN(C)C2)=C(NC(=O)Nc2cnc(C)cn2)C1C. The number of nitrogens with zero attached hydrogens (tertiary/aromatic N) is 3. The molecule has 1 aliphatic carbocycles. The Labute approximate surface area is 172 Å². The fourth-order valence-corrected chi connectivity index (χ4v) is 3.77. The van der Waals surface area contributed by atoms with Crippen molar-refractivity contribution in [3.8, 4) is 0 Å². The monoisotopic (exact) mass is 397 g/mol. The summed E-state index contributed by atoms with van der Waals surface area (Å²) in [5.41, 5.74) is 2.70. The van der Waals surface area contributed by atoms with Crippen LogP contribution in [0.15, 0.2) is 47.7 Å². The maximum absolute atomic E-state index is 12.6. The molecule has 29 heavy (non-hydrogen) atoms. The molecule has 0 radical (unpaired) electrons. The predicted molar refractivity (Wildman–Crippen MR) is 114 cm³/mol. The first-order chi connectivity index (χ1) is 14.0. The van der Waals surface area contributed by atoms with E-state index in [1.807, 2.05) is 19.9 Å². The number of aromatic nitrogens is 2. The number of carbonyl (C=O) groups excluding carboxylic acids is 1. The van der Waals surface area contributed by atoms with Crippen LogP contribution in [0.3, 0.4) is 0 Å². The standard InChI is InChI=1S/C22H31N5O2/c1-5-18-8-9-19(29-14-17-7-6-10-27(4)13-17)21(16(18)3)26-22(28)25-20-12-23-15(2)11-24-20/h5,8-9,11-12,16-17H,6-7,10,13-14H2,1-4H3,(H2,24,25,26,28)/b18-5-. The Bertz CT molecular complexity index is 813. The van der Waals surface area contributed by atoms with Gasteiger partial charge in [-0.25, -0.2) is 9.78 Å². The zero-order valence-corrected chi connectivity index (χ0v) is 17.7. The molecule has 1 aromatic rings. The summed E-state index contributed by atoms with van der Waals surface area (Å²) in [5, 5.41) is 5.72. The van der Waals surface area contributed by atoms with Gasteiger partial charge in [0.15, 0.2) is 5.82 Å². The highest BCUT2D eigenvalue weighted by Crippen LogP contribution is 2.29. The molecule has 1 fully saturated rings. The Morgan fingerprint density at radius 1 is 1.31 bits per heavy atom. The second kappa shape index (κ2) is 9.69. The van der Waals surface area contributed by atoms with E-state index in [0.29, 0.717) is 18.3 Å². The van der Waals surface area contributed by atoms with Crippen molar-refractivity contribution in [1.29, 1.82) is 0 Å². The minimum absolute atomic E-state index is 0.0314. The fraction of sp³-hybridized carbons (Fsp3) is 0.500. The van der Waals surface area contributed by atoms with Crippen LogP contribution in [-0.2, 0) is 4.74 Å². The van der Waals surface area contributed by atoms with E-state index in [4.69, 9.17) is 4.74 Å². The number of aryl methyl sites for hydroxylation is 1. The molecule has 0 bridgehead atoms. The van der Waals surface area contributed by atoms with Gasteiger partial charge in [-0.1, -0.05) is 19.1 Å². The number of rotatable bonds is 5. The zero-order valence-electron chi connectivity index (χ0n) is 17.7. The van der Waals surface area contributed by atoms with Gasteiger partial charge in [0.1, 0.15) is 5.76 Å². The topological polar surface area (TPSA) is 79.4 Å². The van der Waals surface area contributed by atoms with Crippen LogP contribution >= 0.6 is 0 Å². The fourth-order valence-electron chi connectivity index (χ4n) is 3.77. The van der Waals surface area contributed by atoms with Crippen molar-refractivity contribution in [3.05, 3.63) is 53.3 Å². The highest BCUT2D eigenvalue weighted by molar-refractivity contribution is 5.89. The zero-order chi connectivity index (χ0) is 20.8. The number of likely N-dealkylation sites (tertiary alicyclic amines) is 1. The molecule has 0 spiro atoms. The van der Waals surface area contributed by atoms with Crippen molar-refractivity contribution in [2.75, 3.05) is 32.1 Å². The number of anilines is 1. The number of carbonyl (C=O) groups is 1. The second-order valence-electron chi connectivity index (χ2n) is 7.83. The summed E-state index contributed by atoms with van der Waals surface area (Å²) >= 11 is 0. The van der Waals surface area contributed by atoms with Gasteiger partial charge in [0.05, 0.1) is 30.4 Å². The third-order valence-electron chi connectivity index (χ3n) is 5.43. The maximum atomic E-state index is 12.6. The van der Waals surface area contributed by atoms with Crippen LogP contribution in [0.25, 0.3) is 0 Å². The highest BCUT2D eigenvalue weighted by atomic mass is 16.5. The van der Waals surface area contributed by atoms with Crippen molar-refractivity contribution in [3.63, 3.8) is 0 Å². The molecule has 3 rings (SSSR count). The summed E-state index contributed by atoms with van der Waals surface area (Å²) in [6.45, 7) is 8.76. The summed E-state index contributed by atoms with van der Waals surface area (Å²) in [6.07, 6.45) is 11.6. The molecule has 0 saturated carbocycles. The van der Waals surface area contributed by atoms with Crippen molar-refractivity contribution in [2.24, 2.45) is 11.8 Å². The van der Waals surface area contributed by atoms with Gasteiger partial charge in [0.2, 0.25) is 0 Å². The number of hydrogen-bond donors (Lipinski definition) is 2. The summed E-state index contributed by atoms with van der Waals surface area (Å²) in [4.78, 5) is 23.2. The number of hydrogen-bond acceptors (Lipinski definition) is 5. The summed E-state index contributed by atoms with van der Waals surface area (Å²) < 4.78 is 6.18. The molecule has 1 saturated heterocycles. The molecule has 7 heteroatoms. The minimum atomic E-state index is -0.353. The number of urea groups is 1. The van der Waals surface area contributed by atoms with Crippen LogP contribution in [0.2, 0.25) is 0 Å². The van der Waals surface area contributed by atoms with Crippen molar-refractivity contribution >= 4 is 11.8 Å². The van der Waals surface area contributed by atoms with Crippen LogP contribution in [0.5, 0.6) is 0 Å². The Hall–Kier alpha value is -2.67. The number of allylic oxidation sites excluding steroid dienone is 4. The Kier molecular flexibility index (Phi) is 7.04. The molecule has 1 aliphatic heterocycles. The normalized spacial score (nSPS) is 23.9. The number of piperidine rings is 1. The average molecular weight is 398 g/mol. The lowest BCUT2D eigenvalue weighted by Gasteiger charge is -2.31. The number of amides is 2. The lowest BCUT2D eigenvalue weighted by atomic mass is 9.91. The van der Waals surface area contributed by atoms with Crippen molar-refractivity contribution in [2.45, 2.75) is 33.6 Å². The van der Waals surface area contributed by atoms with E-state index < -0.39 is 0 Å². The van der Waals surface area contributed by atoms with E-state index in [-0.39, 0.29) is 11.9 Å². The van der Waals surface area contributed by atoms with Crippen molar-refractivity contribution in [1.82, 2.24) is 20.2 Å². The van der Waals surface area contributed by atoms with E-state index in [0.717, 1.165) is 35.8 Å². The van der Waals surface area contributed by atoms with E-state index >= 15 is 0 Å². The lowest BCUT2D eigenvalue weighted by molar-refractivity contribution is 0.112. The largest absolute Gasteiger partial charge is 0.491 e. The van der Waals surface area contributed by atoms with Gasteiger partial charge in [0, 0.05) is 18.4 Å². The highest BCUT2D eigenvalue weighted by Gasteiger charge is 2.24. The van der Waals surface area contributed by atoms with E-state index in [2.05, 4.69) is 51.6 Å². The van der Waals surface area contributed by atoms with E-state index in [9.17, 15) is 4.79 Å². The van der Waals surface area contributed by atoms with Gasteiger partial charge in [-0.05, 0) is 51.9 Å². The molecule has 2 N–H and O–H groups in total. The van der Waals surface area contributed by atoms with Crippen LogP contribution in [0.4, 0.5) is 10.6 Å². The Morgan fingerprint density at radius 3 is 2.83 bits per heavy atom. The number of ether oxygens (including phenoxy) is 1. The van der Waals surface area contributed by atoms with Gasteiger partial charge < -0.3 is 15.0 Å². The first-order valence-corrected chi connectivity index (χ1v) is 10.2. The molecular formula is C22H31N5O2. The van der Waals surface area contributed by atoms with Gasteiger partial charge in [-0.3, -0.25) is 10.3 Å². The molecule has 0 aromatic carbocycles. The molecule has 2 heterocycles. The van der Waals surface area contributed by atoms with Crippen LogP contribution < -0.4 is 10.6 Å². The second-order valence-corrected chi connectivity index (χ2v) is 7.83. The van der Waals surface area contributed by atoms with Crippen LogP contribution in [0, 0.1) is 18.8 Å². The van der Waals surface area contributed by atoms with Gasteiger partial charge in [-0.15, -0.1) is 0 Å². The average Bonchev–Trinajstić information content (AvgIpc) is 2.70. The quantitative estimate of drug-likeness (QED) is 0.793. The maximum Gasteiger partial charge on any atom is 0.324 e. The minimum Gasteiger partial charge on any atom is -0.491 e. The predicted octanol–water partition coefficient (Wildman–Crippen LogP) is 3.63. The third kappa shape index (κ3) is 5.67. The Balaban J connectivity index is 1.70. The van der Waals surface area contributed by atoms with Crippen LogP contribution in [-0.4, -0.2) is 47.6 Å². The molecule has 7 nitrogen and oxygen atoms in total. The molecule has 2 atom stereocenters. The lowest BCUT2D eigenvalue weighted by Crippen LogP contribution is -2.35. The molecule has 156 valence electrons.